The summed E-state index contributed by atoms with van der Waals surface area (Å²) in [5, 5.41) is 2.91. The number of amides is 1. The number of nitrogens with one attached hydrogen (secondary N) is 1. The van der Waals surface area contributed by atoms with Crippen LogP contribution in [0.2, 0.25) is 0 Å². The largest absolute Gasteiger partial charge is 0.491 e. The van der Waals surface area contributed by atoms with E-state index in [4.69, 9.17) is 15.2 Å². The Labute approximate surface area is 119 Å². The average Bonchev–Trinajstić information content (AvgIpc) is 2.86. The van der Waals surface area contributed by atoms with Crippen molar-refractivity contribution >= 4 is 11.6 Å². The SMILES string of the molecule is COCCOc1cccc(NC(=O)C2CCCC2N)c1. The van der Waals surface area contributed by atoms with Crippen molar-refractivity contribution in [2.45, 2.75) is 25.3 Å². The maximum atomic E-state index is 12.1. The topological polar surface area (TPSA) is 73.6 Å². The van der Waals surface area contributed by atoms with E-state index in [1.165, 1.54) is 0 Å². The van der Waals surface area contributed by atoms with Gasteiger partial charge < -0.3 is 20.5 Å². The quantitative estimate of drug-likeness (QED) is 0.778. The maximum absolute atomic E-state index is 12.1. The number of methoxy groups -OCH3 is 1. The molecule has 0 saturated heterocycles. The van der Waals surface area contributed by atoms with Crippen LogP contribution >= 0.6 is 0 Å². The van der Waals surface area contributed by atoms with E-state index >= 15 is 0 Å². The summed E-state index contributed by atoms with van der Waals surface area (Å²) in [5.74, 6) is 0.646. The molecule has 1 saturated carbocycles. The van der Waals surface area contributed by atoms with Crippen molar-refractivity contribution in [1.29, 1.82) is 0 Å². The van der Waals surface area contributed by atoms with Crippen molar-refractivity contribution in [3.05, 3.63) is 24.3 Å². The normalized spacial score (nSPS) is 21.7. The third-order valence-corrected chi connectivity index (χ3v) is 3.56. The summed E-state index contributed by atoms with van der Waals surface area (Å²) in [4.78, 5) is 12.1. The number of hydrogen-bond acceptors (Lipinski definition) is 4. The molecule has 5 heteroatoms. The molecule has 20 heavy (non-hydrogen) atoms. The van der Waals surface area contributed by atoms with Crippen molar-refractivity contribution < 1.29 is 14.3 Å². The molecule has 1 aromatic rings. The molecule has 1 amide bonds. The van der Waals surface area contributed by atoms with Gasteiger partial charge in [0.15, 0.2) is 0 Å². The molecule has 3 N–H and O–H groups in total. The van der Waals surface area contributed by atoms with Crippen molar-refractivity contribution in [3.8, 4) is 5.75 Å². The second-order valence-electron chi connectivity index (χ2n) is 5.06. The minimum atomic E-state index is -0.0759. The Hall–Kier alpha value is -1.59. The predicted octanol–water partition coefficient (Wildman–Crippen LogP) is 1.78. The highest BCUT2D eigenvalue weighted by Crippen LogP contribution is 2.26. The highest BCUT2D eigenvalue weighted by molar-refractivity contribution is 5.93. The lowest BCUT2D eigenvalue weighted by atomic mass is 10.0. The number of ether oxygens (including phenoxy) is 2. The van der Waals surface area contributed by atoms with Crippen molar-refractivity contribution in [2.75, 3.05) is 25.6 Å². The Kier molecular flexibility index (Phi) is 5.38. The molecule has 1 fully saturated rings. The fourth-order valence-corrected chi connectivity index (χ4v) is 2.46. The molecule has 0 aliphatic heterocycles. The van der Waals surface area contributed by atoms with Gasteiger partial charge in [-0.1, -0.05) is 12.5 Å². The van der Waals surface area contributed by atoms with Gasteiger partial charge in [0, 0.05) is 24.9 Å². The Morgan fingerprint density at radius 1 is 1.40 bits per heavy atom. The van der Waals surface area contributed by atoms with Crippen molar-refractivity contribution in [1.82, 2.24) is 0 Å². The van der Waals surface area contributed by atoms with Crippen molar-refractivity contribution in [2.24, 2.45) is 11.7 Å². The molecule has 2 rings (SSSR count). The van der Waals surface area contributed by atoms with Crippen LogP contribution in [0, 0.1) is 5.92 Å². The number of benzene rings is 1. The minimum Gasteiger partial charge on any atom is -0.491 e. The number of hydrogen-bond donors (Lipinski definition) is 2. The fourth-order valence-electron chi connectivity index (χ4n) is 2.46. The second-order valence-corrected chi connectivity index (χ2v) is 5.06. The summed E-state index contributed by atoms with van der Waals surface area (Å²) in [6, 6.07) is 7.35. The zero-order valence-electron chi connectivity index (χ0n) is 11.8. The molecule has 2 atom stereocenters. The van der Waals surface area contributed by atoms with Gasteiger partial charge in [0.1, 0.15) is 12.4 Å². The van der Waals surface area contributed by atoms with Crippen LogP contribution in [-0.2, 0) is 9.53 Å². The highest BCUT2D eigenvalue weighted by atomic mass is 16.5. The van der Waals surface area contributed by atoms with Gasteiger partial charge in [0.2, 0.25) is 5.91 Å². The molecule has 1 aliphatic carbocycles. The number of anilines is 1. The second kappa shape index (κ2) is 7.26. The Morgan fingerprint density at radius 2 is 2.25 bits per heavy atom. The van der Waals surface area contributed by atoms with Gasteiger partial charge in [-0.3, -0.25) is 4.79 Å². The monoisotopic (exact) mass is 278 g/mol. The molecular formula is C15H22N2O3. The number of nitrogens with two attached hydrogens (primary N) is 1. The van der Waals surface area contributed by atoms with Gasteiger partial charge in [-0.05, 0) is 25.0 Å². The molecule has 0 heterocycles. The van der Waals surface area contributed by atoms with E-state index in [0.29, 0.717) is 13.2 Å². The number of rotatable bonds is 6. The van der Waals surface area contributed by atoms with Crippen LogP contribution in [0.3, 0.4) is 0 Å². The number of carbonyl (C=O) groups is 1. The lowest BCUT2D eigenvalue weighted by Gasteiger charge is -2.15. The van der Waals surface area contributed by atoms with Crippen LogP contribution in [-0.4, -0.2) is 32.3 Å². The molecule has 2 unspecified atom stereocenters. The van der Waals surface area contributed by atoms with E-state index in [2.05, 4.69) is 5.32 Å². The maximum Gasteiger partial charge on any atom is 0.229 e. The summed E-state index contributed by atoms with van der Waals surface area (Å²) in [7, 11) is 1.63. The Balaban J connectivity index is 1.91. The van der Waals surface area contributed by atoms with Gasteiger partial charge >= 0.3 is 0 Å². The van der Waals surface area contributed by atoms with Gasteiger partial charge in [-0.2, -0.15) is 0 Å². The van der Waals surface area contributed by atoms with E-state index in [1.807, 2.05) is 24.3 Å². The lowest BCUT2D eigenvalue weighted by Crippen LogP contribution is -2.34. The summed E-state index contributed by atoms with van der Waals surface area (Å²) < 4.78 is 10.4. The lowest BCUT2D eigenvalue weighted by molar-refractivity contribution is -0.120. The van der Waals surface area contributed by atoms with Crippen molar-refractivity contribution in [3.63, 3.8) is 0 Å². The van der Waals surface area contributed by atoms with Crippen LogP contribution < -0.4 is 15.8 Å². The molecule has 110 valence electrons. The van der Waals surface area contributed by atoms with Crippen LogP contribution in [0.15, 0.2) is 24.3 Å². The smallest absolute Gasteiger partial charge is 0.229 e. The summed E-state index contributed by atoms with van der Waals surface area (Å²) in [5.41, 5.74) is 6.68. The predicted molar refractivity (Wildman–Crippen MR) is 77.8 cm³/mol. The Bertz CT molecular complexity index is 450. The van der Waals surface area contributed by atoms with Gasteiger partial charge in [-0.15, -0.1) is 0 Å². The van der Waals surface area contributed by atoms with E-state index in [9.17, 15) is 4.79 Å². The van der Waals surface area contributed by atoms with E-state index in [1.54, 1.807) is 7.11 Å². The molecule has 0 bridgehead atoms. The molecular weight excluding hydrogens is 256 g/mol. The van der Waals surface area contributed by atoms with Crippen LogP contribution in [0.25, 0.3) is 0 Å². The van der Waals surface area contributed by atoms with Gasteiger partial charge in [0.05, 0.1) is 12.5 Å². The summed E-state index contributed by atoms with van der Waals surface area (Å²) in [6.45, 7) is 1.02. The minimum absolute atomic E-state index is 0.00374. The first-order valence-electron chi connectivity index (χ1n) is 6.99. The van der Waals surface area contributed by atoms with Crippen LogP contribution in [0.1, 0.15) is 19.3 Å². The molecule has 0 aromatic heterocycles. The third kappa shape index (κ3) is 3.95. The third-order valence-electron chi connectivity index (χ3n) is 3.56. The summed E-state index contributed by atoms with van der Waals surface area (Å²) in [6.07, 6.45) is 2.83. The van der Waals surface area contributed by atoms with Gasteiger partial charge in [0.25, 0.3) is 0 Å². The van der Waals surface area contributed by atoms with Gasteiger partial charge in [-0.25, -0.2) is 0 Å². The molecule has 0 radical (unpaired) electrons. The molecule has 0 spiro atoms. The first-order valence-corrected chi connectivity index (χ1v) is 6.99. The zero-order chi connectivity index (χ0) is 14.4. The summed E-state index contributed by atoms with van der Waals surface area (Å²) >= 11 is 0. The first-order chi connectivity index (χ1) is 9.70. The zero-order valence-corrected chi connectivity index (χ0v) is 11.8. The number of carbonyl (C=O) groups excluding carboxylic acids is 1. The molecule has 5 nitrogen and oxygen atoms in total. The van der Waals surface area contributed by atoms with Crippen LogP contribution in [0.5, 0.6) is 5.75 Å². The molecule has 1 aliphatic rings. The molecule has 1 aromatic carbocycles. The fraction of sp³-hybridized carbons (Fsp3) is 0.533. The van der Waals surface area contributed by atoms with E-state index < -0.39 is 0 Å². The Morgan fingerprint density at radius 3 is 2.95 bits per heavy atom. The van der Waals surface area contributed by atoms with Crippen LogP contribution in [0.4, 0.5) is 5.69 Å². The average molecular weight is 278 g/mol. The highest BCUT2D eigenvalue weighted by Gasteiger charge is 2.30. The van der Waals surface area contributed by atoms with E-state index in [0.717, 1.165) is 30.7 Å². The first kappa shape index (κ1) is 14.8. The standard InChI is InChI=1S/C15H22N2O3/c1-19-8-9-20-12-5-2-4-11(10-12)17-15(18)13-6-3-7-14(13)16/h2,4-5,10,13-14H,3,6-9,16H2,1H3,(H,17,18). The van der Waals surface area contributed by atoms with E-state index in [-0.39, 0.29) is 17.9 Å².